The van der Waals surface area contributed by atoms with E-state index in [1.165, 1.54) is 11.1 Å². The summed E-state index contributed by atoms with van der Waals surface area (Å²) in [4.78, 5) is 27.9. The molecule has 5 nitrogen and oxygen atoms in total. The first kappa shape index (κ1) is 20.6. The van der Waals surface area contributed by atoms with Gasteiger partial charge in [0, 0.05) is 30.9 Å². The number of hydrogen-bond donors (Lipinski definition) is 0. The Balaban J connectivity index is 1.46. The molecule has 0 aromatic heterocycles. The fourth-order valence-corrected chi connectivity index (χ4v) is 7.09. The number of carbonyl (C=O) groups excluding carboxylic acids is 2. The van der Waals surface area contributed by atoms with Crippen molar-refractivity contribution in [2.24, 2.45) is 17.3 Å². The van der Waals surface area contributed by atoms with Crippen LogP contribution >= 0.6 is 0 Å². The summed E-state index contributed by atoms with van der Waals surface area (Å²) >= 11 is 0. The number of rotatable bonds is 2. The van der Waals surface area contributed by atoms with Gasteiger partial charge in [0.1, 0.15) is 11.5 Å². The third-order valence-electron chi connectivity index (χ3n) is 8.95. The second-order valence-electron chi connectivity index (χ2n) is 10.3. The summed E-state index contributed by atoms with van der Waals surface area (Å²) < 4.78 is 5.66. The highest BCUT2D eigenvalue weighted by Gasteiger charge is 2.54. The van der Waals surface area contributed by atoms with Gasteiger partial charge in [-0.3, -0.25) is 9.59 Å². The van der Waals surface area contributed by atoms with Gasteiger partial charge in [-0.1, -0.05) is 6.92 Å². The molecule has 3 fully saturated rings. The Labute approximate surface area is 185 Å². The topological polar surface area (TPSA) is 70.4 Å². The van der Waals surface area contributed by atoms with Crippen molar-refractivity contribution in [1.29, 1.82) is 5.26 Å². The average Bonchev–Trinajstić information content (AvgIpc) is 3.12. The second kappa shape index (κ2) is 7.69. The molecule has 1 saturated heterocycles. The second-order valence-corrected chi connectivity index (χ2v) is 10.3. The maximum absolute atomic E-state index is 13.4. The van der Waals surface area contributed by atoms with Crippen LogP contribution in [0, 0.1) is 28.5 Å². The Hall–Kier alpha value is -2.29. The molecule has 3 aliphatic carbocycles. The summed E-state index contributed by atoms with van der Waals surface area (Å²) in [5.74, 6) is 4.96. The lowest BCUT2D eigenvalue weighted by atomic mass is 9.45. The largest absolute Gasteiger partial charge is 0.496 e. The van der Waals surface area contributed by atoms with Crippen molar-refractivity contribution >= 4 is 18.4 Å². The maximum Gasteiger partial charge on any atom is 0.271 e. The molecular formula is C25H31BN2O3. The molecule has 1 aliphatic heterocycles. The van der Waals surface area contributed by atoms with E-state index in [2.05, 4.69) is 25.0 Å². The van der Waals surface area contributed by atoms with Gasteiger partial charge >= 0.3 is 0 Å². The van der Waals surface area contributed by atoms with Crippen LogP contribution in [0.1, 0.15) is 66.4 Å². The summed E-state index contributed by atoms with van der Waals surface area (Å²) in [6.07, 6.45) is 7.38. The van der Waals surface area contributed by atoms with Gasteiger partial charge < -0.3 is 9.64 Å². The molecule has 0 spiro atoms. The van der Waals surface area contributed by atoms with Crippen LogP contribution in [-0.2, 0) is 11.2 Å². The van der Waals surface area contributed by atoms with Crippen molar-refractivity contribution in [2.75, 3.05) is 20.2 Å². The van der Waals surface area contributed by atoms with E-state index in [0.29, 0.717) is 47.9 Å². The number of hydrogen-bond acceptors (Lipinski definition) is 4. The van der Waals surface area contributed by atoms with E-state index < -0.39 is 0 Å². The highest BCUT2D eigenvalue weighted by molar-refractivity contribution is 6.67. The Morgan fingerprint density at radius 3 is 2.71 bits per heavy atom. The van der Waals surface area contributed by atoms with Crippen LogP contribution in [0.25, 0.3) is 0 Å². The molecule has 4 unspecified atom stereocenters. The SMILES string of the molecule is COc1cc2c(cc1C(=O)N1CCB(C#N)CC1)C1CCC3(C)C(=O)CCC3C1CC2. The van der Waals surface area contributed by atoms with Crippen LogP contribution in [-0.4, -0.2) is 43.5 Å². The number of nitriles is 1. The van der Waals surface area contributed by atoms with Crippen molar-refractivity contribution in [3.63, 3.8) is 0 Å². The summed E-state index contributed by atoms with van der Waals surface area (Å²) in [5.41, 5.74) is 3.15. The number of ketones is 1. The van der Waals surface area contributed by atoms with Crippen LogP contribution in [0.15, 0.2) is 12.1 Å². The monoisotopic (exact) mass is 418 g/mol. The molecule has 1 amide bonds. The van der Waals surface area contributed by atoms with Gasteiger partial charge in [0.25, 0.3) is 12.6 Å². The zero-order valence-corrected chi connectivity index (χ0v) is 18.7. The predicted molar refractivity (Wildman–Crippen MR) is 120 cm³/mol. The number of Topliss-reactive ketones (excluding diaryl/α,β-unsaturated/α-hetero) is 1. The highest BCUT2D eigenvalue weighted by Crippen LogP contribution is 2.59. The molecule has 6 heteroatoms. The van der Waals surface area contributed by atoms with E-state index in [-0.39, 0.29) is 18.0 Å². The lowest BCUT2D eigenvalue weighted by Crippen LogP contribution is -2.43. The number of ether oxygens (including phenoxy) is 1. The van der Waals surface area contributed by atoms with Gasteiger partial charge in [0.05, 0.1) is 12.7 Å². The van der Waals surface area contributed by atoms with E-state index in [1.807, 2.05) is 4.90 Å². The van der Waals surface area contributed by atoms with Gasteiger partial charge in [0.2, 0.25) is 0 Å². The van der Waals surface area contributed by atoms with Gasteiger partial charge in [-0.05, 0) is 85.8 Å². The summed E-state index contributed by atoms with van der Waals surface area (Å²) in [6, 6.07) is 4.21. The van der Waals surface area contributed by atoms with E-state index in [0.717, 1.165) is 51.2 Å². The van der Waals surface area contributed by atoms with Crippen molar-refractivity contribution < 1.29 is 14.3 Å². The molecule has 162 valence electrons. The maximum atomic E-state index is 13.4. The van der Waals surface area contributed by atoms with Gasteiger partial charge in [-0.15, -0.1) is 0 Å². The molecule has 0 bridgehead atoms. The fraction of sp³-hybridized carbons (Fsp3) is 0.640. The minimum Gasteiger partial charge on any atom is -0.496 e. The van der Waals surface area contributed by atoms with Crippen LogP contribution in [0.4, 0.5) is 0 Å². The molecular weight excluding hydrogens is 387 g/mol. The Morgan fingerprint density at radius 1 is 1.23 bits per heavy atom. The zero-order chi connectivity index (χ0) is 21.8. The van der Waals surface area contributed by atoms with Crippen LogP contribution in [0.3, 0.4) is 0 Å². The smallest absolute Gasteiger partial charge is 0.271 e. The van der Waals surface area contributed by atoms with Gasteiger partial charge in [0.15, 0.2) is 0 Å². The fourth-order valence-electron chi connectivity index (χ4n) is 7.09. The Kier molecular flexibility index (Phi) is 5.11. The number of nitrogens with zero attached hydrogens (tertiary/aromatic N) is 2. The lowest BCUT2D eigenvalue weighted by Gasteiger charge is -2.48. The molecule has 2 saturated carbocycles. The predicted octanol–water partition coefficient (Wildman–Crippen LogP) is 4.13. The van der Waals surface area contributed by atoms with E-state index in [4.69, 9.17) is 10.00 Å². The first-order chi connectivity index (χ1) is 15.0. The van der Waals surface area contributed by atoms with E-state index >= 15 is 0 Å². The third-order valence-corrected chi connectivity index (χ3v) is 8.95. The third kappa shape index (κ3) is 3.20. The Bertz CT molecular complexity index is 962. The average molecular weight is 418 g/mol. The minimum atomic E-state index is -0.130. The number of methoxy groups -OCH3 is 1. The first-order valence-corrected chi connectivity index (χ1v) is 11.9. The number of fused-ring (bicyclic) bond motifs is 5. The summed E-state index contributed by atoms with van der Waals surface area (Å²) in [6.45, 7) is 3.52. The van der Waals surface area contributed by atoms with Crippen molar-refractivity contribution in [1.82, 2.24) is 4.90 Å². The quantitative estimate of drug-likeness (QED) is 0.677. The number of amides is 1. The molecule has 1 heterocycles. The number of carbonyl (C=O) groups is 2. The van der Waals surface area contributed by atoms with Crippen LogP contribution in [0.5, 0.6) is 5.75 Å². The standard InChI is InChI=1S/C25H31BN2O3/c1-25-8-7-17-18(21(25)5-6-23(25)29)4-3-16-13-22(31-2)20(14-19(16)17)24(30)28-11-9-26(15-27)10-12-28/h13-14,17-18,21H,3-12H2,1-2H3. The van der Waals surface area contributed by atoms with Gasteiger partial charge in [-0.25, -0.2) is 5.26 Å². The molecule has 31 heavy (non-hydrogen) atoms. The van der Waals surface area contributed by atoms with E-state index in [1.54, 1.807) is 7.11 Å². The van der Waals surface area contributed by atoms with Crippen molar-refractivity contribution in [3.8, 4) is 11.7 Å². The molecule has 4 atom stereocenters. The summed E-state index contributed by atoms with van der Waals surface area (Å²) in [7, 11) is 1.64. The van der Waals surface area contributed by atoms with E-state index in [9.17, 15) is 9.59 Å². The van der Waals surface area contributed by atoms with Crippen molar-refractivity contribution in [2.45, 2.75) is 64.0 Å². The Morgan fingerprint density at radius 2 is 2.00 bits per heavy atom. The first-order valence-electron chi connectivity index (χ1n) is 11.9. The molecule has 1 aromatic carbocycles. The molecule has 4 aliphatic rings. The van der Waals surface area contributed by atoms with Crippen LogP contribution in [0.2, 0.25) is 12.6 Å². The molecule has 0 radical (unpaired) electrons. The number of aryl methyl sites for hydroxylation is 1. The summed E-state index contributed by atoms with van der Waals surface area (Å²) in [5, 5.41) is 9.16. The zero-order valence-electron chi connectivity index (χ0n) is 18.7. The van der Waals surface area contributed by atoms with Crippen LogP contribution < -0.4 is 4.74 Å². The normalized spacial score (nSPS) is 32.0. The molecule has 0 N–H and O–H groups in total. The van der Waals surface area contributed by atoms with Crippen molar-refractivity contribution in [3.05, 3.63) is 28.8 Å². The molecule has 5 rings (SSSR count). The molecule has 1 aromatic rings. The highest BCUT2D eigenvalue weighted by atomic mass is 16.5. The minimum absolute atomic E-state index is 0.0230. The van der Waals surface area contributed by atoms with Gasteiger partial charge in [-0.2, -0.15) is 0 Å². The lowest BCUT2D eigenvalue weighted by molar-refractivity contribution is -0.129. The number of benzene rings is 1.